The van der Waals surface area contributed by atoms with Gasteiger partial charge in [-0.25, -0.2) is 4.39 Å². The summed E-state index contributed by atoms with van der Waals surface area (Å²) in [6.07, 6.45) is -33.8. The fourth-order valence-electron chi connectivity index (χ4n) is 3.61. The highest BCUT2D eigenvalue weighted by Gasteiger charge is 2.75. The molecule has 0 bridgehead atoms. The summed E-state index contributed by atoms with van der Waals surface area (Å²) in [6, 6.07) is 0. The number of rotatable bonds is 5. The average molecular weight is 534 g/mol. The molecule has 0 aromatic rings. The second kappa shape index (κ2) is 8.85. The molecule has 1 aliphatic carbocycles. The second-order valence-corrected chi connectivity index (χ2v) is 8.24. The van der Waals surface area contributed by atoms with Crippen molar-refractivity contribution in [2.75, 3.05) is 0 Å². The third-order valence-electron chi connectivity index (χ3n) is 6.11. The van der Waals surface area contributed by atoms with Crippen LogP contribution in [0.15, 0.2) is 0 Å². The zero-order valence-electron chi connectivity index (χ0n) is 17.2. The minimum atomic E-state index is -6.59. The number of hydrogen-bond acceptors (Lipinski definition) is 4. The molecule has 0 aromatic carbocycles. The van der Waals surface area contributed by atoms with Crippen molar-refractivity contribution in [3.05, 3.63) is 0 Å². The Morgan fingerprint density at radius 1 is 0.735 bits per heavy atom. The third-order valence-corrected chi connectivity index (χ3v) is 6.11. The monoisotopic (exact) mass is 534 g/mol. The van der Waals surface area contributed by atoms with Crippen molar-refractivity contribution in [2.24, 2.45) is 17.3 Å². The van der Waals surface area contributed by atoms with Crippen molar-refractivity contribution in [2.45, 2.75) is 81.8 Å². The highest BCUT2D eigenvalue weighted by atomic mass is 19.4. The van der Waals surface area contributed by atoms with Gasteiger partial charge in [0.15, 0.2) is 5.41 Å². The molecule has 202 valence electrons. The van der Waals surface area contributed by atoms with Crippen LogP contribution in [-0.4, -0.2) is 58.4 Å². The third kappa shape index (κ3) is 5.18. The number of esters is 1. The van der Waals surface area contributed by atoms with E-state index in [4.69, 9.17) is 0 Å². The van der Waals surface area contributed by atoms with Gasteiger partial charge < -0.3 is 14.9 Å². The van der Waals surface area contributed by atoms with Crippen LogP contribution < -0.4 is 0 Å². The molecule has 1 saturated carbocycles. The summed E-state index contributed by atoms with van der Waals surface area (Å²) in [6.45, 7) is 1.08. The van der Waals surface area contributed by atoms with E-state index < -0.39 is 91.2 Å². The number of alkyl halides is 13. The van der Waals surface area contributed by atoms with Gasteiger partial charge in [-0.15, -0.1) is 0 Å². The van der Waals surface area contributed by atoms with Crippen LogP contribution in [0.1, 0.15) is 39.5 Å². The lowest BCUT2D eigenvalue weighted by atomic mass is 9.68. The number of ether oxygens (including phenoxy) is 1. The van der Waals surface area contributed by atoms with Crippen LogP contribution in [0.5, 0.6) is 0 Å². The Morgan fingerprint density at radius 2 is 1.15 bits per heavy atom. The molecule has 17 heteroatoms. The molecule has 5 unspecified atom stereocenters. The SMILES string of the molecule is CCC(C)(C(=O)OC1CC(C(O)(F)C(F)(F)F)CC(C(O)(C(F)(F)F)C(F)(F)F)C1)C(F)(F)F. The van der Waals surface area contributed by atoms with Gasteiger partial charge in [-0.05, 0) is 32.6 Å². The summed E-state index contributed by atoms with van der Waals surface area (Å²) >= 11 is 0. The molecule has 1 fully saturated rings. The van der Waals surface area contributed by atoms with Crippen LogP contribution >= 0.6 is 0 Å². The van der Waals surface area contributed by atoms with Crippen LogP contribution in [0.3, 0.4) is 0 Å². The molecule has 0 aromatic heterocycles. The molecule has 2 N–H and O–H groups in total. The topological polar surface area (TPSA) is 66.8 Å². The van der Waals surface area contributed by atoms with Gasteiger partial charge in [0.05, 0.1) is 0 Å². The quantitative estimate of drug-likeness (QED) is 0.368. The molecule has 1 rings (SSSR count). The lowest BCUT2D eigenvalue weighted by molar-refractivity contribution is -0.395. The summed E-state index contributed by atoms with van der Waals surface area (Å²) in [4.78, 5) is 12.1. The van der Waals surface area contributed by atoms with Gasteiger partial charge in [0.1, 0.15) is 6.10 Å². The van der Waals surface area contributed by atoms with Crippen LogP contribution in [0.2, 0.25) is 0 Å². The van der Waals surface area contributed by atoms with Gasteiger partial charge in [-0.2, -0.15) is 52.7 Å². The number of carbonyl (C=O) groups excluding carboxylic acids is 1. The van der Waals surface area contributed by atoms with E-state index in [1.165, 1.54) is 0 Å². The number of halogens is 13. The second-order valence-electron chi connectivity index (χ2n) is 8.24. The van der Waals surface area contributed by atoms with Crippen molar-refractivity contribution in [1.82, 2.24) is 0 Å². The highest BCUT2D eigenvalue weighted by molar-refractivity contribution is 5.77. The number of carbonyl (C=O) groups is 1. The number of hydrogen-bond donors (Lipinski definition) is 2. The van der Waals surface area contributed by atoms with Crippen LogP contribution in [0, 0.1) is 17.3 Å². The summed E-state index contributed by atoms with van der Waals surface area (Å²) in [7, 11) is 0. The zero-order valence-corrected chi connectivity index (χ0v) is 17.2. The molecule has 0 saturated heterocycles. The van der Waals surface area contributed by atoms with Gasteiger partial charge in [0.2, 0.25) is 0 Å². The summed E-state index contributed by atoms with van der Waals surface area (Å²) in [5, 5.41) is 18.7. The van der Waals surface area contributed by atoms with Crippen LogP contribution in [0.4, 0.5) is 57.1 Å². The smallest absolute Gasteiger partial charge is 0.448 e. The molecule has 4 nitrogen and oxygen atoms in total. The first kappa shape index (κ1) is 30.5. The first-order valence-electron chi connectivity index (χ1n) is 9.39. The molecule has 0 radical (unpaired) electrons. The van der Waals surface area contributed by atoms with Crippen molar-refractivity contribution >= 4 is 5.97 Å². The molecule has 5 atom stereocenters. The van der Waals surface area contributed by atoms with Crippen molar-refractivity contribution < 1.29 is 76.8 Å². The average Bonchev–Trinajstić information content (AvgIpc) is 2.62. The van der Waals surface area contributed by atoms with Crippen LogP contribution in [-0.2, 0) is 9.53 Å². The first-order chi connectivity index (χ1) is 14.8. The maximum atomic E-state index is 14.1. The Kier molecular flexibility index (Phi) is 7.94. The van der Waals surface area contributed by atoms with E-state index >= 15 is 0 Å². The van der Waals surface area contributed by atoms with E-state index in [0.29, 0.717) is 0 Å². The van der Waals surface area contributed by atoms with Crippen molar-refractivity contribution in [1.29, 1.82) is 0 Å². The first-order valence-corrected chi connectivity index (χ1v) is 9.39. The molecular weight excluding hydrogens is 515 g/mol. The number of aliphatic hydroxyl groups is 2. The van der Waals surface area contributed by atoms with Gasteiger partial charge >= 0.3 is 36.5 Å². The fraction of sp³-hybridized carbons (Fsp3) is 0.941. The molecule has 34 heavy (non-hydrogen) atoms. The summed E-state index contributed by atoms with van der Waals surface area (Å²) < 4.78 is 176. The Balaban J connectivity index is 3.54. The minimum absolute atomic E-state index is 0.260. The van der Waals surface area contributed by atoms with E-state index in [2.05, 4.69) is 4.74 Å². The molecule has 0 amide bonds. The summed E-state index contributed by atoms with van der Waals surface area (Å²) in [5.74, 6) is -14.2. The standard InChI is InChI=1S/C17H19F13O4/c1-3-11(2,14(19,20)21)10(31)34-9-5-7(12(32,15(22,23)24)16(25,26)27)4-8(6-9)13(18,33)17(28,29)30/h7-9,32-33H,3-6H2,1-2H3. The van der Waals surface area contributed by atoms with Gasteiger partial charge in [0.25, 0.3) is 5.60 Å². The predicted molar refractivity (Wildman–Crippen MR) is 84.3 cm³/mol. The predicted octanol–water partition coefficient (Wildman–Crippen LogP) is 5.37. The molecule has 0 heterocycles. The minimum Gasteiger partial charge on any atom is -0.462 e. The van der Waals surface area contributed by atoms with E-state index in [9.17, 15) is 72.1 Å². The van der Waals surface area contributed by atoms with Crippen LogP contribution in [0.25, 0.3) is 0 Å². The Hall–Kier alpha value is -1.52. The van der Waals surface area contributed by atoms with Crippen molar-refractivity contribution in [3.63, 3.8) is 0 Å². The lowest BCUT2D eigenvalue weighted by Crippen LogP contribution is -2.64. The fourth-order valence-corrected chi connectivity index (χ4v) is 3.61. The maximum absolute atomic E-state index is 14.1. The summed E-state index contributed by atoms with van der Waals surface area (Å²) in [5.41, 5.74) is -9.13. The van der Waals surface area contributed by atoms with E-state index in [1.54, 1.807) is 0 Å². The molecule has 1 aliphatic rings. The van der Waals surface area contributed by atoms with Gasteiger partial charge in [0, 0.05) is 11.8 Å². The maximum Gasteiger partial charge on any atom is 0.448 e. The largest absolute Gasteiger partial charge is 0.462 e. The normalized spacial score (nSPS) is 27.0. The Bertz CT molecular complexity index is 724. The van der Waals surface area contributed by atoms with Gasteiger partial charge in [-0.3, -0.25) is 4.79 Å². The van der Waals surface area contributed by atoms with E-state index in [0.717, 1.165) is 6.92 Å². The van der Waals surface area contributed by atoms with Gasteiger partial charge in [-0.1, -0.05) is 6.92 Å². The molecule has 0 aliphatic heterocycles. The Morgan fingerprint density at radius 3 is 1.47 bits per heavy atom. The molecule has 0 spiro atoms. The zero-order chi connectivity index (χ0) is 27.3. The lowest BCUT2D eigenvalue weighted by Gasteiger charge is -2.46. The van der Waals surface area contributed by atoms with E-state index in [1.807, 2.05) is 0 Å². The Labute approximate surface area is 183 Å². The van der Waals surface area contributed by atoms with Crippen molar-refractivity contribution in [3.8, 4) is 0 Å². The molecular formula is C17H19F13O4. The highest BCUT2D eigenvalue weighted by Crippen LogP contribution is 2.55. The van der Waals surface area contributed by atoms with E-state index in [-0.39, 0.29) is 6.92 Å².